The molecule has 0 saturated heterocycles. The Kier molecular flexibility index (Phi) is 5.72. The molecule has 0 aliphatic rings. The van der Waals surface area contributed by atoms with Gasteiger partial charge in [-0.05, 0) is 24.6 Å². The zero-order valence-electron chi connectivity index (χ0n) is 11.4. The molecule has 1 unspecified atom stereocenters. The summed E-state index contributed by atoms with van der Waals surface area (Å²) in [6, 6.07) is 7.47. The van der Waals surface area contributed by atoms with Gasteiger partial charge in [-0.2, -0.15) is 10.5 Å². The van der Waals surface area contributed by atoms with Crippen molar-refractivity contribution in [2.45, 2.75) is 13.3 Å². The van der Waals surface area contributed by atoms with Gasteiger partial charge in [0.25, 0.3) is 0 Å². The number of carboxylic acid groups (broad SMARTS) is 1. The SMILES string of the molecule is CCC(CNC(=O)Nc1ccc(C#N)c(C#N)c1)C(=O)O. The number of nitriles is 2. The van der Waals surface area contributed by atoms with Crippen LogP contribution in [0.15, 0.2) is 18.2 Å². The van der Waals surface area contributed by atoms with Crippen molar-refractivity contribution in [1.82, 2.24) is 5.32 Å². The van der Waals surface area contributed by atoms with Crippen LogP contribution in [0.1, 0.15) is 24.5 Å². The maximum atomic E-state index is 11.6. The number of carbonyl (C=O) groups excluding carboxylic acids is 1. The zero-order chi connectivity index (χ0) is 15.8. The minimum atomic E-state index is -0.970. The van der Waals surface area contributed by atoms with Gasteiger partial charge in [-0.3, -0.25) is 4.79 Å². The van der Waals surface area contributed by atoms with Crippen LogP contribution in [0.4, 0.5) is 10.5 Å². The highest BCUT2D eigenvalue weighted by atomic mass is 16.4. The fourth-order valence-corrected chi connectivity index (χ4v) is 1.61. The molecular weight excluding hydrogens is 272 g/mol. The Morgan fingerprint density at radius 1 is 1.29 bits per heavy atom. The van der Waals surface area contributed by atoms with Crippen molar-refractivity contribution in [2.24, 2.45) is 5.92 Å². The van der Waals surface area contributed by atoms with Crippen molar-refractivity contribution in [3.63, 3.8) is 0 Å². The minimum absolute atomic E-state index is 0.0129. The summed E-state index contributed by atoms with van der Waals surface area (Å²) < 4.78 is 0. The summed E-state index contributed by atoms with van der Waals surface area (Å²) in [7, 11) is 0. The van der Waals surface area contributed by atoms with E-state index in [9.17, 15) is 9.59 Å². The van der Waals surface area contributed by atoms with E-state index in [1.54, 1.807) is 6.92 Å². The average molecular weight is 286 g/mol. The summed E-state index contributed by atoms with van der Waals surface area (Å²) in [6.45, 7) is 1.73. The Balaban J connectivity index is 2.66. The molecule has 0 fully saturated rings. The summed E-state index contributed by atoms with van der Waals surface area (Å²) in [5, 5.41) is 31.5. The third kappa shape index (κ3) is 4.51. The van der Waals surface area contributed by atoms with Crippen LogP contribution in [0.5, 0.6) is 0 Å². The Labute approximate surface area is 121 Å². The standard InChI is InChI=1S/C14H14N4O3/c1-2-9(13(19)20)8-17-14(21)18-12-4-3-10(6-15)11(5-12)7-16/h3-5,9H,2,8H2,1H3,(H,19,20)(H2,17,18,21). The normalized spacial score (nSPS) is 10.8. The molecule has 0 spiro atoms. The van der Waals surface area contributed by atoms with Gasteiger partial charge in [-0.25, -0.2) is 4.79 Å². The number of anilines is 1. The van der Waals surface area contributed by atoms with E-state index in [4.69, 9.17) is 15.6 Å². The molecule has 0 bridgehead atoms. The Morgan fingerprint density at radius 2 is 1.95 bits per heavy atom. The van der Waals surface area contributed by atoms with Crippen molar-refractivity contribution in [3.05, 3.63) is 29.3 Å². The van der Waals surface area contributed by atoms with Crippen molar-refractivity contribution in [3.8, 4) is 12.1 Å². The number of rotatable bonds is 5. The maximum Gasteiger partial charge on any atom is 0.319 e. The van der Waals surface area contributed by atoms with Gasteiger partial charge in [0.2, 0.25) is 0 Å². The van der Waals surface area contributed by atoms with Crippen LogP contribution in [0.25, 0.3) is 0 Å². The molecular formula is C14H14N4O3. The molecule has 2 amide bonds. The van der Waals surface area contributed by atoms with Crippen LogP contribution in [-0.4, -0.2) is 23.7 Å². The molecule has 0 aliphatic heterocycles. The van der Waals surface area contributed by atoms with E-state index in [0.717, 1.165) is 0 Å². The number of urea groups is 1. The number of hydrogen-bond acceptors (Lipinski definition) is 4. The van der Waals surface area contributed by atoms with Crippen LogP contribution in [0.3, 0.4) is 0 Å². The van der Waals surface area contributed by atoms with E-state index in [2.05, 4.69) is 10.6 Å². The number of nitrogens with one attached hydrogen (secondary N) is 2. The highest BCUT2D eigenvalue weighted by Gasteiger charge is 2.16. The van der Waals surface area contributed by atoms with Crippen LogP contribution in [0.2, 0.25) is 0 Å². The molecule has 0 radical (unpaired) electrons. The molecule has 3 N–H and O–H groups in total. The lowest BCUT2D eigenvalue weighted by atomic mass is 10.1. The summed E-state index contributed by atoms with van der Waals surface area (Å²) in [5.74, 6) is -1.62. The summed E-state index contributed by atoms with van der Waals surface area (Å²) in [4.78, 5) is 22.5. The van der Waals surface area contributed by atoms with Gasteiger partial charge in [-0.1, -0.05) is 6.92 Å². The van der Waals surface area contributed by atoms with Crippen molar-refractivity contribution in [1.29, 1.82) is 10.5 Å². The molecule has 0 heterocycles. The zero-order valence-corrected chi connectivity index (χ0v) is 11.4. The van der Waals surface area contributed by atoms with E-state index in [0.29, 0.717) is 12.1 Å². The van der Waals surface area contributed by atoms with E-state index in [1.165, 1.54) is 18.2 Å². The number of carbonyl (C=O) groups is 2. The number of nitrogens with zero attached hydrogens (tertiary/aromatic N) is 2. The first-order valence-electron chi connectivity index (χ1n) is 6.23. The predicted molar refractivity (Wildman–Crippen MR) is 74.3 cm³/mol. The molecule has 0 saturated carbocycles. The molecule has 7 nitrogen and oxygen atoms in total. The first kappa shape index (κ1) is 16.0. The molecule has 0 aromatic heterocycles. The Morgan fingerprint density at radius 3 is 2.48 bits per heavy atom. The minimum Gasteiger partial charge on any atom is -0.481 e. The monoisotopic (exact) mass is 286 g/mol. The number of carboxylic acids is 1. The molecule has 1 aromatic rings. The number of amides is 2. The maximum absolute atomic E-state index is 11.6. The van der Waals surface area contributed by atoms with Crippen LogP contribution < -0.4 is 10.6 Å². The molecule has 7 heteroatoms. The highest BCUT2D eigenvalue weighted by Crippen LogP contribution is 2.14. The van der Waals surface area contributed by atoms with Crippen LogP contribution in [0, 0.1) is 28.6 Å². The second kappa shape index (κ2) is 7.51. The van der Waals surface area contributed by atoms with E-state index in [1.807, 2.05) is 12.1 Å². The van der Waals surface area contributed by atoms with Gasteiger partial charge in [-0.15, -0.1) is 0 Å². The lowest BCUT2D eigenvalue weighted by Crippen LogP contribution is -2.35. The first-order valence-corrected chi connectivity index (χ1v) is 6.23. The fraction of sp³-hybridized carbons (Fsp3) is 0.286. The molecule has 1 aromatic carbocycles. The van der Waals surface area contributed by atoms with Gasteiger partial charge in [0.1, 0.15) is 12.1 Å². The third-order valence-corrected chi connectivity index (χ3v) is 2.87. The Bertz CT molecular complexity index is 628. The fourth-order valence-electron chi connectivity index (χ4n) is 1.61. The largest absolute Gasteiger partial charge is 0.481 e. The molecule has 108 valence electrons. The molecule has 1 rings (SSSR count). The summed E-state index contributed by atoms with van der Waals surface area (Å²) in [6.07, 6.45) is 0.408. The average Bonchev–Trinajstić information content (AvgIpc) is 2.47. The van der Waals surface area contributed by atoms with Gasteiger partial charge < -0.3 is 15.7 Å². The quantitative estimate of drug-likeness (QED) is 0.758. The molecule has 1 atom stereocenters. The van der Waals surface area contributed by atoms with Gasteiger partial charge in [0, 0.05) is 12.2 Å². The summed E-state index contributed by atoms with van der Waals surface area (Å²) >= 11 is 0. The number of benzene rings is 1. The van der Waals surface area contributed by atoms with Crippen molar-refractivity contribution in [2.75, 3.05) is 11.9 Å². The van der Waals surface area contributed by atoms with Crippen molar-refractivity contribution < 1.29 is 14.7 Å². The van der Waals surface area contributed by atoms with E-state index >= 15 is 0 Å². The highest BCUT2D eigenvalue weighted by molar-refractivity contribution is 5.89. The van der Waals surface area contributed by atoms with Crippen molar-refractivity contribution >= 4 is 17.7 Å². The first-order chi connectivity index (χ1) is 10.0. The van der Waals surface area contributed by atoms with Gasteiger partial charge in [0.15, 0.2) is 0 Å². The topological polar surface area (TPSA) is 126 Å². The number of aliphatic carboxylic acids is 1. The second-order valence-corrected chi connectivity index (χ2v) is 4.26. The smallest absolute Gasteiger partial charge is 0.319 e. The molecule has 0 aliphatic carbocycles. The van der Waals surface area contributed by atoms with Crippen LogP contribution >= 0.6 is 0 Å². The lowest BCUT2D eigenvalue weighted by molar-refractivity contribution is -0.141. The van der Waals surface area contributed by atoms with Gasteiger partial charge >= 0.3 is 12.0 Å². The lowest BCUT2D eigenvalue weighted by Gasteiger charge is -2.12. The second-order valence-electron chi connectivity index (χ2n) is 4.26. The summed E-state index contributed by atoms with van der Waals surface area (Å²) in [5.41, 5.74) is 0.735. The van der Waals surface area contributed by atoms with Crippen LogP contribution in [-0.2, 0) is 4.79 Å². The predicted octanol–water partition coefficient (Wildman–Crippen LogP) is 1.66. The van der Waals surface area contributed by atoms with Gasteiger partial charge in [0.05, 0.1) is 17.0 Å². The third-order valence-electron chi connectivity index (χ3n) is 2.87. The number of hydrogen-bond donors (Lipinski definition) is 3. The van der Waals surface area contributed by atoms with E-state index < -0.39 is 17.9 Å². The van der Waals surface area contributed by atoms with E-state index in [-0.39, 0.29) is 17.7 Å². The molecule has 21 heavy (non-hydrogen) atoms. The Hall–Kier alpha value is -3.06.